The highest BCUT2D eigenvalue weighted by Gasteiger charge is 2.14. The van der Waals surface area contributed by atoms with Crippen molar-refractivity contribution in [2.75, 3.05) is 0 Å². The van der Waals surface area contributed by atoms with Crippen LogP contribution >= 0.6 is 0 Å². The Morgan fingerprint density at radius 3 is 2.47 bits per heavy atom. The van der Waals surface area contributed by atoms with E-state index in [2.05, 4.69) is 15.3 Å². The lowest BCUT2D eigenvalue weighted by Crippen LogP contribution is -2.21. The van der Waals surface area contributed by atoms with E-state index in [1.165, 1.54) is 24.3 Å². The van der Waals surface area contributed by atoms with Crippen LogP contribution in [0.4, 0.5) is 13.2 Å². The number of hydrogen-bond acceptors (Lipinski definition) is 2. The van der Waals surface area contributed by atoms with Crippen LogP contribution < -0.4 is 5.32 Å². The molecule has 0 radical (unpaired) electrons. The van der Waals surface area contributed by atoms with E-state index in [0.717, 1.165) is 40.0 Å². The second-order valence-corrected chi connectivity index (χ2v) is 7.82. The molecule has 168 valence electrons. The molecule has 5 rings (SSSR count). The molecule has 0 unspecified atom stereocenters. The third-order valence-electron chi connectivity index (χ3n) is 5.40. The average Bonchev–Trinajstić information content (AvgIpc) is 3.19. The predicted molar refractivity (Wildman–Crippen MR) is 126 cm³/mol. The summed E-state index contributed by atoms with van der Waals surface area (Å²) in [5, 5.41) is 4.62. The summed E-state index contributed by atoms with van der Waals surface area (Å²) < 4.78 is 40.6. The van der Waals surface area contributed by atoms with Gasteiger partial charge in [-0.2, -0.15) is 0 Å². The number of amides is 1. The number of carbonyl (C=O) groups is 1. The number of benzene rings is 3. The number of nitrogens with one attached hydrogen (secondary N) is 2. The fourth-order valence-corrected chi connectivity index (χ4v) is 3.91. The van der Waals surface area contributed by atoms with Gasteiger partial charge in [0.15, 0.2) is 0 Å². The lowest BCUT2D eigenvalue weighted by atomic mass is 10.1. The van der Waals surface area contributed by atoms with Crippen molar-refractivity contribution in [3.05, 3.63) is 108 Å². The van der Waals surface area contributed by atoms with Crippen LogP contribution in [0.15, 0.2) is 78.9 Å². The zero-order chi connectivity index (χ0) is 23.7. The second-order valence-electron chi connectivity index (χ2n) is 7.82. The van der Waals surface area contributed by atoms with Crippen LogP contribution in [0.5, 0.6) is 0 Å². The Labute approximate surface area is 192 Å². The number of carbonyl (C=O) groups excluding carboxylic acids is 1. The molecule has 0 bridgehead atoms. The second kappa shape index (κ2) is 8.86. The Bertz CT molecular complexity index is 1550. The van der Waals surface area contributed by atoms with Gasteiger partial charge in [0.25, 0.3) is 0 Å². The number of pyridine rings is 1. The Hall–Kier alpha value is -4.39. The van der Waals surface area contributed by atoms with Gasteiger partial charge in [0.05, 0.1) is 23.4 Å². The van der Waals surface area contributed by atoms with Gasteiger partial charge in [-0.05, 0) is 48.0 Å². The molecule has 0 aliphatic carbocycles. The summed E-state index contributed by atoms with van der Waals surface area (Å²) in [5.74, 6) is -2.26. The lowest BCUT2D eigenvalue weighted by molar-refractivity contribution is -0.116. The number of para-hydroxylation sites is 1. The maximum atomic E-state index is 13.9. The molecule has 0 saturated carbocycles. The van der Waals surface area contributed by atoms with E-state index in [4.69, 9.17) is 0 Å². The molecule has 7 heteroatoms. The van der Waals surface area contributed by atoms with Gasteiger partial charge in [0.1, 0.15) is 17.5 Å². The van der Waals surface area contributed by atoms with Crippen LogP contribution in [0, 0.1) is 17.5 Å². The topological polar surface area (TPSA) is 57.8 Å². The smallest absolute Gasteiger partial charge is 0.244 e. The lowest BCUT2D eigenvalue weighted by Gasteiger charge is -2.08. The molecule has 4 nitrogen and oxygen atoms in total. The van der Waals surface area contributed by atoms with Crippen molar-refractivity contribution in [3.63, 3.8) is 0 Å². The van der Waals surface area contributed by atoms with Gasteiger partial charge < -0.3 is 10.3 Å². The molecule has 1 amide bonds. The Morgan fingerprint density at radius 2 is 1.68 bits per heavy atom. The van der Waals surface area contributed by atoms with Gasteiger partial charge in [0, 0.05) is 34.0 Å². The first kappa shape index (κ1) is 21.5. The maximum absolute atomic E-state index is 13.9. The SMILES string of the molecule is O=C(/C=C/c1cc(F)cc(F)c1)NCc1cc2c([nH]c3ccccc32)c(-c2cccc(F)c2)n1. The summed E-state index contributed by atoms with van der Waals surface area (Å²) in [4.78, 5) is 20.4. The molecule has 5 aromatic rings. The molecule has 3 aromatic carbocycles. The summed E-state index contributed by atoms with van der Waals surface area (Å²) in [5.41, 5.74) is 3.69. The summed E-state index contributed by atoms with van der Waals surface area (Å²) in [7, 11) is 0. The fourth-order valence-electron chi connectivity index (χ4n) is 3.91. The van der Waals surface area contributed by atoms with Crippen molar-refractivity contribution in [1.29, 1.82) is 0 Å². The highest BCUT2D eigenvalue weighted by atomic mass is 19.1. The highest BCUT2D eigenvalue weighted by Crippen LogP contribution is 2.32. The van der Waals surface area contributed by atoms with Crippen molar-refractivity contribution in [2.24, 2.45) is 0 Å². The van der Waals surface area contributed by atoms with E-state index in [-0.39, 0.29) is 17.9 Å². The van der Waals surface area contributed by atoms with E-state index in [1.54, 1.807) is 12.1 Å². The van der Waals surface area contributed by atoms with E-state index in [0.29, 0.717) is 17.0 Å². The van der Waals surface area contributed by atoms with Crippen molar-refractivity contribution in [1.82, 2.24) is 15.3 Å². The van der Waals surface area contributed by atoms with Gasteiger partial charge in [-0.1, -0.05) is 30.3 Å². The molecule has 0 aliphatic heterocycles. The van der Waals surface area contributed by atoms with Crippen LogP contribution in [0.2, 0.25) is 0 Å². The summed E-state index contributed by atoms with van der Waals surface area (Å²) in [6.45, 7) is 0.110. The molecule has 0 aliphatic rings. The number of halogens is 3. The zero-order valence-corrected chi connectivity index (χ0v) is 17.8. The fraction of sp³-hybridized carbons (Fsp3) is 0.0370. The third kappa shape index (κ3) is 4.41. The quantitative estimate of drug-likeness (QED) is 0.312. The molecule has 0 atom stereocenters. The summed E-state index contributed by atoms with van der Waals surface area (Å²) in [6, 6.07) is 18.9. The van der Waals surface area contributed by atoms with Gasteiger partial charge in [-0.25, -0.2) is 18.2 Å². The van der Waals surface area contributed by atoms with Crippen molar-refractivity contribution < 1.29 is 18.0 Å². The maximum Gasteiger partial charge on any atom is 0.244 e. The van der Waals surface area contributed by atoms with Crippen LogP contribution in [0.1, 0.15) is 11.3 Å². The predicted octanol–water partition coefficient (Wildman–Crippen LogP) is 6.13. The number of aromatic nitrogens is 2. The van der Waals surface area contributed by atoms with Gasteiger partial charge >= 0.3 is 0 Å². The molecule has 0 fully saturated rings. The number of aromatic amines is 1. The molecule has 34 heavy (non-hydrogen) atoms. The van der Waals surface area contributed by atoms with Gasteiger partial charge in [-0.3, -0.25) is 4.79 Å². The Kier molecular flexibility index (Phi) is 5.59. The molecule has 2 heterocycles. The van der Waals surface area contributed by atoms with Crippen molar-refractivity contribution in [3.8, 4) is 11.3 Å². The van der Waals surface area contributed by atoms with Crippen molar-refractivity contribution >= 4 is 33.8 Å². The average molecular weight is 457 g/mol. The van der Waals surface area contributed by atoms with Gasteiger partial charge in [0.2, 0.25) is 5.91 Å². The van der Waals surface area contributed by atoms with E-state index < -0.39 is 17.5 Å². The number of nitrogens with zero attached hydrogens (tertiary/aromatic N) is 1. The van der Waals surface area contributed by atoms with E-state index in [1.807, 2.05) is 30.3 Å². The first-order valence-corrected chi connectivity index (χ1v) is 10.5. The minimum Gasteiger partial charge on any atom is -0.353 e. The molecular formula is C27H18F3N3O. The van der Waals surface area contributed by atoms with Crippen LogP contribution in [-0.4, -0.2) is 15.9 Å². The molecule has 0 saturated heterocycles. The third-order valence-corrected chi connectivity index (χ3v) is 5.40. The van der Waals surface area contributed by atoms with Crippen LogP contribution in [-0.2, 0) is 11.3 Å². The first-order chi connectivity index (χ1) is 16.5. The minimum absolute atomic E-state index is 0.110. The number of H-pyrrole nitrogens is 1. The van der Waals surface area contributed by atoms with Crippen molar-refractivity contribution in [2.45, 2.75) is 6.54 Å². The molecule has 0 spiro atoms. The minimum atomic E-state index is -0.721. The summed E-state index contributed by atoms with van der Waals surface area (Å²) in [6.07, 6.45) is 2.53. The zero-order valence-electron chi connectivity index (χ0n) is 17.8. The highest BCUT2D eigenvalue weighted by molar-refractivity contribution is 6.11. The van der Waals surface area contributed by atoms with E-state index >= 15 is 0 Å². The molecule has 2 aromatic heterocycles. The first-order valence-electron chi connectivity index (χ1n) is 10.5. The Balaban J connectivity index is 1.46. The normalized spacial score (nSPS) is 11.5. The Morgan fingerprint density at radius 1 is 0.882 bits per heavy atom. The monoisotopic (exact) mass is 457 g/mol. The van der Waals surface area contributed by atoms with Gasteiger partial charge in [-0.15, -0.1) is 0 Å². The number of fused-ring (bicyclic) bond motifs is 3. The van der Waals surface area contributed by atoms with E-state index in [9.17, 15) is 18.0 Å². The molecular weight excluding hydrogens is 439 g/mol. The van der Waals surface area contributed by atoms with Crippen LogP contribution in [0.25, 0.3) is 39.1 Å². The summed E-state index contributed by atoms with van der Waals surface area (Å²) >= 11 is 0. The number of rotatable bonds is 5. The standard InChI is InChI=1S/C27H18F3N3O/c28-18-5-3-4-17(12-18)26-27-23(22-6-1-2-7-24(22)33-27)14-21(32-26)15-31-25(34)9-8-16-10-19(29)13-20(30)11-16/h1-14,33H,15H2,(H,31,34)/b9-8+. The van der Waals surface area contributed by atoms with Crippen LogP contribution in [0.3, 0.4) is 0 Å². The number of hydrogen-bond donors (Lipinski definition) is 2. The molecule has 2 N–H and O–H groups in total. The largest absolute Gasteiger partial charge is 0.353 e.